The largest absolute Gasteiger partial charge is 0.488 e. The smallest absolute Gasteiger partial charge is 0.263 e. The predicted octanol–water partition coefficient (Wildman–Crippen LogP) is 4.85. The Hall–Kier alpha value is -2.83. The van der Waals surface area contributed by atoms with Crippen LogP contribution in [-0.2, 0) is 13.2 Å². The molecule has 6 nitrogen and oxygen atoms in total. The molecule has 0 aliphatic heterocycles. The van der Waals surface area contributed by atoms with Gasteiger partial charge in [-0.05, 0) is 34.2 Å². The molecular formula is C19H15Cl2N5O. The van der Waals surface area contributed by atoms with E-state index in [4.69, 9.17) is 27.9 Å². The van der Waals surface area contributed by atoms with Crippen molar-refractivity contribution in [3.8, 4) is 5.75 Å². The van der Waals surface area contributed by atoms with Crippen molar-refractivity contribution in [1.29, 1.82) is 0 Å². The first-order valence-corrected chi connectivity index (χ1v) is 9.01. The minimum Gasteiger partial charge on any atom is -0.488 e. The minimum absolute atomic E-state index is 0.337. The molecule has 3 aromatic carbocycles. The third-order valence-electron chi connectivity index (χ3n) is 4.16. The lowest BCUT2D eigenvalue weighted by Crippen LogP contribution is -2.06. The molecule has 0 aliphatic carbocycles. The van der Waals surface area contributed by atoms with Crippen molar-refractivity contribution in [2.24, 2.45) is 0 Å². The molecule has 27 heavy (non-hydrogen) atoms. The number of hydrogen-bond acceptors (Lipinski definition) is 5. The van der Waals surface area contributed by atoms with Crippen molar-refractivity contribution in [1.82, 2.24) is 20.6 Å². The molecule has 0 fully saturated rings. The van der Waals surface area contributed by atoms with E-state index in [9.17, 15) is 0 Å². The van der Waals surface area contributed by atoms with Crippen LogP contribution in [-0.4, -0.2) is 20.6 Å². The summed E-state index contributed by atoms with van der Waals surface area (Å²) >= 11 is 12.2. The predicted molar refractivity (Wildman–Crippen MR) is 106 cm³/mol. The van der Waals surface area contributed by atoms with Crippen LogP contribution >= 0.6 is 23.2 Å². The summed E-state index contributed by atoms with van der Waals surface area (Å²) in [5.74, 6) is 1.19. The second-order valence-electron chi connectivity index (χ2n) is 5.88. The van der Waals surface area contributed by atoms with Crippen LogP contribution in [0.1, 0.15) is 11.1 Å². The van der Waals surface area contributed by atoms with Gasteiger partial charge in [-0.1, -0.05) is 64.7 Å². The molecule has 2 N–H and O–H groups in total. The molecule has 0 amide bonds. The van der Waals surface area contributed by atoms with E-state index in [0.29, 0.717) is 29.1 Å². The van der Waals surface area contributed by atoms with Crippen LogP contribution in [0.25, 0.3) is 10.8 Å². The maximum atomic E-state index is 6.26. The van der Waals surface area contributed by atoms with Gasteiger partial charge in [0.2, 0.25) is 0 Å². The second-order valence-corrected chi connectivity index (χ2v) is 6.72. The van der Waals surface area contributed by atoms with E-state index in [-0.39, 0.29) is 0 Å². The van der Waals surface area contributed by atoms with E-state index in [1.54, 1.807) is 12.1 Å². The quantitative estimate of drug-likeness (QED) is 0.484. The topological polar surface area (TPSA) is 75.7 Å². The number of hydrogen-bond donors (Lipinski definition) is 2. The Kier molecular flexibility index (Phi) is 5.09. The van der Waals surface area contributed by atoms with Crippen molar-refractivity contribution in [3.63, 3.8) is 0 Å². The molecule has 136 valence electrons. The van der Waals surface area contributed by atoms with Crippen molar-refractivity contribution < 1.29 is 4.74 Å². The lowest BCUT2D eigenvalue weighted by atomic mass is 10.0. The van der Waals surface area contributed by atoms with Gasteiger partial charge in [0.25, 0.3) is 5.95 Å². The molecular weight excluding hydrogens is 385 g/mol. The molecule has 0 unspecified atom stereocenters. The fourth-order valence-electron chi connectivity index (χ4n) is 2.83. The maximum Gasteiger partial charge on any atom is 0.263 e. The zero-order chi connectivity index (χ0) is 18.6. The summed E-state index contributed by atoms with van der Waals surface area (Å²) in [5, 5.41) is 20.4. The van der Waals surface area contributed by atoms with Crippen LogP contribution < -0.4 is 10.1 Å². The Labute approximate surface area is 165 Å². The molecule has 1 heterocycles. The van der Waals surface area contributed by atoms with Crippen LogP contribution in [0, 0.1) is 0 Å². The SMILES string of the molecule is Clc1ccc(COc2ccc3ccccc3c2CNc2nn[nH]n2)c(Cl)c1. The van der Waals surface area contributed by atoms with Crippen molar-refractivity contribution in [2.45, 2.75) is 13.2 Å². The third-order valence-corrected chi connectivity index (χ3v) is 4.75. The molecule has 0 atom stereocenters. The van der Waals surface area contributed by atoms with Gasteiger partial charge in [-0.3, -0.25) is 0 Å². The number of aromatic amines is 1. The summed E-state index contributed by atoms with van der Waals surface area (Å²) in [7, 11) is 0. The van der Waals surface area contributed by atoms with E-state index < -0.39 is 0 Å². The van der Waals surface area contributed by atoms with E-state index in [1.165, 1.54) is 0 Å². The number of halogens is 2. The van der Waals surface area contributed by atoms with E-state index >= 15 is 0 Å². The Bertz CT molecular complexity index is 1070. The number of nitrogens with one attached hydrogen (secondary N) is 2. The molecule has 0 saturated heterocycles. The van der Waals surface area contributed by atoms with Crippen molar-refractivity contribution in [2.75, 3.05) is 5.32 Å². The van der Waals surface area contributed by atoms with Crippen LogP contribution in [0.15, 0.2) is 54.6 Å². The normalized spacial score (nSPS) is 10.9. The highest BCUT2D eigenvalue weighted by Crippen LogP contribution is 2.30. The fraction of sp³-hybridized carbons (Fsp3) is 0.105. The molecule has 4 rings (SSSR count). The Morgan fingerprint density at radius 3 is 2.74 bits per heavy atom. The number of rotatable bonds is 6. The molecule has 0 spiro atoms. The monoisotopic (exact) mass is 399 g/mol. The maximum absolute atomic E-state index is 6.26. The lowest BCUT2D eigenvalue weighted by Gasteiger charge is -2.15. The Morgan fingerprint density at radius 1 is 1.04 bits per heavy atom. The zero-order valence-corrected chi connectivity index (χ0v) is 15.6. The summed E-state index contributed by atoms with van der Waals surface area (Å²) in [6, 6.07) is 17.5. The van der Waals surface area contributed by atoms with Crippen molar-refractivity contribution >= 4 is 39.9 Å². The number of H-pyrrole nitrogens is 1. The number of fused-ring (bicyclic) bond motifs is 1. The molecule has 8 heteroatoms. The number of nitrogens with zero attached hydrogens (tertiary/aromatic N) is 3. The highest BCUT2D eigenvalue weighted by molar-refractivity contribution is 6.35. The number of aromatic nitrogens is 4. The Balaban J connectivity index is 1.63. The van der Waals surface area contributed by atoms with Crippen LogP contribution in [0.4, 0.5) is 5.95 Å². The summed E-state index contributed by atoms with van der Waals surface area (Å²) in [4.78, 5) is 0. The van der Waals surface area contributed by atoms with Crippen molar-refractivity contribution in [3.05, 3.63) is 75.8 Å². The van der Waals surface area contributed by atoms with Crippen LogP contribution in [0.3, 0.4) is 0 Å². The average Bonchev–Trinajstić information content (AvgIpc) is 3.19. The van der Waals surface area contributed by atoms with Gasteiger partial charge >= 0.3 is 0 Å². The minimum atomic E-state index is 0.337. The van der Waals surface area contributed by atoms with Crippen LogP contribution in [0.2, 0.25) is 10.0 Å². The zero-order valence-electron chi connectivity index (χ0n) is 14.1. The highest BCUT2D eigenvalue weighted by atomic mass is 35.5. The van der Waals surface area contributed by atoms with Gasteiger partial charge in [-0.2, -0.15) is 5.21 Å². The standard InChI is InChI=1S/C19H15Cl2N5O/c20-14-7-5-13(17(21)9-14)11-27-18-8-6-12-3-1-2-4-15(12)16(18)10-22-19-23-25-26-24-19/h1-9H,10-11H2,(H2,22,23,24,25,26). The molecule has 0 bridgehead atoms. The lowest BCUT2D eigenvalue weighted by molar-refractivity contribution is 0.304. The molecule has 0 saturated carbocycles. The summed E-state index contributed by atoms with van der Waals surface area (Å²) in [6.07, 6.45) is 0. The van der Waals surface area contributed by atoms with Gasteiger partial charge in [0.1, 0.15) is 12.4 Å². The van der Waals surface area contributed by atoms with Crippen LogP contribution in [0.5, 0.6) is 5.75 Å². The average molecular weight is 400 g/mol. The van der Waals surface area contributed by atoms with E-state index in [2.05, 4.69) is 38.1 Å². The number of ether oxygens (including phenoxy) is 1. The third kappa shape index (κ3) is 3.97. The molecule has 0 radical (unpaired) electrons. The van der Waals surface area contributed by atoms with Gasteiger partial charge in [0.15, 0.2) is 0 Å². The van der Waals surface area contributed by atoms with Gasteiger partial charge < -0.3 is 10.1 Å². The molecule has 1 aromatic heterocycles. The Morgan fingerprint density at radius 2 is 1.93 bits per heavy atom. The van der Waals surface area contributed by atoms with E-state index in [1.807, 2.05) is 30.3 Å². The van der Waals surface area contributed by atoms with Gasteiger partial charge in [0, 0.05) is 27.7 Å². The summed E-state index contributed by atoms with van der Waals surface area (Å²) in [5.41, 5.74) is 1.87. The summed E-state index contributed by atoms with van der Waals surface area (Å²) < 4.78 is 6.09. The first-order chi connectivity index (χ1) is 13.2. The second kappa shape index (κ2) is 7.82. The highest BCUT2D eigenvalue weighted by Gasteiger charge is 2.11. The number of benzene rings is 3. The number of anilines is 1. The molecule has 0 aliphatic rings. The first-order valence-electron chi connectivity index (χ1n) is 8.25. The van der Waals surface area contributed by atoms with Gasteiger partial charge in [0.05, 0.1) is 0 Å². The van der Waals surface area contributed by atoms with Gasteiger partial charge in [-0.25, -0.2) is 0 Å². The number of tetrazole rings is 1. The summed E-state index contributed by atoms with van der Waals surface area (Å²) in [6.45, 7) is 0.828. The molecule has 4 aromatic rings. The fourth-order valence-corrected chi connectivity index (χ4v) is 3.29. The first kappa shape index (κ1) is 17.6. The van der Waals surface area contributed by atoms with E-state index in [0.717, 1.165) is 27.6 Å². The van der Waals surface area contributed by atoms with Gasteiger partial charge in [-0.15, -0.1) is 5.10 Å².